The van der Waals surface area contributed by atoms with E-state index in [0.29, 0.717) is 12.5 Å². The van der Waals surface area contributed by atoms with Crippen LogP contribution >= 0.6 is 11.3 Å². The highest BCUT2D eigenvalue weighted by molar-refractivity contribution is 7.15. The summed E-state index contributed by atoms with van der Waals surface area (Å²) in [6, 6.07) is 6.84. The van der Waals surface area contributed by atoms with Gasteiger partial charge in [0.1, 0.15) is 11.6 Å². The van der Waals surface area contributed by atoms with E-state index in [-0.39, 0.29) is 12.6 Å². The predicted molar refractivity (Wildman–Crippen MR) is 122 cm³/mol. The molecule has 0 aliphatic carbocycles. The largest absolute Gasteiger partial charge is 0.492 e. The zero-order valence-corrected chi connectivity index (χ0v) is 19.2. The summed E-state index contributed by atoms with van der Waals surface area (Å²) in [7, 11) is 0. The van der Waals surface area contributed by atoms with E-state index in [0.717, 1.165) is 66.1 Å². The Morgan fingerprint density at radius 1 is 1.26 bits per heavy atom. The standard InChI is InChI=1S/C23H29N5O2S/c1-14(2)28-22(24-15(3)26-28)23-25-21-18-6-5-16(17-12-27(13-17)8-4-9-29)11-19(18)30-10-7-20(21)31-23/h5-6,11,14,17,29H,4,7-10,12-13H2,1-3H3. The molecule has 0 radical (unpaired) electrons. The molecule has 31 heavy (non-hydrogen) atoms. The van der Waals surface area contributed by atoms with Crippen molar-refractivity contribution in [2.24, 2.45) is 0 Å². The molecular weight excluding hydrogens is 410 g/mol. The first kappa shape index (κ1) is 20.6. The smallest absolute Gasteiger partial charge is 0.187 e. The van der Waals surface area contributed by atoms with Gasteiger partial charge in [-0.3, -0.25) is 0 Å². The molecule has 0 saturated carbocycles. The van der Waals surface area contributed by atoms with Crippen molar-refractivity contribution in [1.29, 1.82) is 0 Å². The summed E-state index contributed by atoms with van der Waals surface area (Å²) in [5.41, 5.74) is 3.42. The van der Waals surface area contributed by atoms with Gasteiger partial charge in [-0.1, -0.05) is 6.07 Å². The molecule has 4 heterocycles. The van der Waals surface area contributed by atoms with Crippen molar-refractivity contribution in [2.45, 2.75) is 45.6 Å². The van der Waals surface area contributed by atoms with E-state index < -0.39 is 0 Å². The van der Waals surface area contributed by atoms with E-state index in [2.05, 4.69) is 47.0 Å². The molecule has 0 amide bonds. The second-order valence-electron chi connectivity index (χ2n) is 8.70. The number of likely N-dealkylation sites (tertiary alicyclic amines) is 1. The lowest BCUT2D eigenvalue weighted by molar-refractivity contribution is 0.134. The third kappa shape index (κ3) is 3.88. The maximum atomic E-state index is 9.02. The fourth-order valence-electron chi connectivity index (χ4n) is 4.38. The quantitative estimate of drug-likeness (QED) is 0.632. The average molecular weight is 440 g/mol. The highest BCUT2D eigenvalue weighted by Crippen LogP contribution is 2.42. The molecule has 2 aromatic heterocycles. The number of hydrogen-bond acceptors (Lipinski definition) is 7. The maximum Gasteiger partial charge on any atom is 0.187 e. The van der Waals surface area contributed by atoms with E-state index in [1.807, 2.05) is 11.6 Å². The van der Waals surface area contributed by atoms with Crippen LogP contribution in [0.3, 0.4) is 0 Å². The van der Waals surface area contributed by atoms with Crippen LogP contribution in [0.2, 0.25) is 0 Å². The predicted octanol–water partition coefficient (Wildman–Crippen LogP) is 3.67. The van der Waals surface area contributed by atoms with Crippen LogP contribution in [0, 0.1) is 6.92 Å². The molecule has 0 bridgehead atoms. The van der Waals surface area contributed by atoms with Crippen molar-refractivity contribution in [2.75, 3.05) is 32.8 Å². The fraction of sp³-hybridized carbons (Fsp3) is 0.522. The average Bonchev–Trinajstić information content (AvgIpc) is 3.27. The van der Waals surface area contributed by atoms with Crippen molar-refractivity contribution in [1.82, 2.24) is 24.6 Å². The van der Waals surface area contributed by atoms with Crippen molar-refractivity contribution in [3.63, 3.8) is 0 Å². The lowest BCUT2D eigenvalue weighted by Gasteiger charge is -2.39. The number of thiazole rings is 1. The normalized spacial score (nSPS) is 16.5. The monoisotopic (exact) mass is 439 g/mol. The Labute approximate surface area is 186 Å². The van der Waals surface area contributed by atoms with E-state index in [4.69, 9.17) is 14.8 Å². The zero-order valence-electron chi connectivity index (χ0n) is 18.3. The van der Waals surface area contributed by atoms with Gasteiger partial charge in [0.2, 0.25) is 0 Å². The SMILES string of the molecule is Cc1nc(-c2nc3c(s2)CCOc2cc(C4CN(CCCO)C4)ccc2-3)n(C(C)C)n1. The zero-order chi connectivity index (χ0) is 21.5. The number of aliphatic hydroxyl groups excluding tert-OH is 1. The lowest BCUT2D eigenvalue weighted by atomic mass is 9.90. The number of benzene rings is 1. The molecule has 0 unspecified atom stereocenters. The summed E-state index contributed by atoms with van der Waals surface area (Å²) >= 11 is 1.70. The van der Waals surface area contributed by atoms with Gasteiger partial charge in [0.15, 0.2) is 10.8 Å². The first-order valence-corrected chi connectivity index (χ1v) is 11.9. The van der Waals surface area contributed by atoms with Crippen LogP contribution in [0.5, 0.6) is 5.75 Å². The fourth-order valence-corrected chi connectivity index (χ4v) is 5.42. The Hall–Kier alpha value is -2.29. The minimum Gasteiger partial charge on any atom is -0.492 e. The van der Waals surface area contributed by atoms with E-state index in [9.17, 15) is 0 Å². The number of aryl methyl sites for hydroxylation is 1. The summed E-state index contributed by atoms with van der Waals surface area (Å²) in [6.45, 7) is 10.2. The number of fused-ring (bicyclic) bond motifs is 3. The third-order valence-electron chi connectivity index (χ3n) is 6.02. The van der Waals surface area contributed by atoms with Gasteiger partial charge in [-0.05, 0) is 44.9 Å². The second-order valence-corrected chi connectivity index (χ2v) is 9.78. The van der Waals surface area contributed by atoms with E-state index >= 15 is 0 Å². The lowest BCUT2D eigenvalue weighted by Crippen LogP contribution is -2.45. The molecular formula is C23H29N5O2S. The van der Waals surface area contributed by atoms with Crippen LogP contribution < -0.4 is 4.74 Å². The van der Waals surface area contributed by atoms with Gasteiger partial charge in [-0.2, -0.15) is 5.10 Å². The summed E-state index contributed by atoms with van der Waals surface area (Å²) in [4.78, 5) is 13.3. The molecule has 164 valence electrons. The van der Waals surface area contributed by atoms with Crippen LogP contribution in [0.4, 0.5) is 0 Å². The molecule has 8 heteroatoms. The molecule has 1 aromatic carbocycles. The molecule has 7 nitrogen and oxygen atoms in total. The number of aliphatic hydroxyl groups is 1. The Balaban J connectivity index is 1.43. The third-order valence-corrected chi connectivity index (χ3v) is 7.13. The van der Waals surface area contributed by atoms with Crippen molar-refractivity contribution in [3.8, 4) is 27.8 Å². The second kappa shape index (κ2) is 8.33. The minimum atomic E-state index is 0.234. The molecule has 1 saturated heterocycles. The number of rotatable bonds is 6. The van der Waals surface area contributed by atoms with Gasteiger partial charge in [-0.15, -0.1) is 11.3 Å². The minimum absolute atomic E-state index is 0.234. The Kier molecular flexibility index (Phi) is 5.54. The Morgan fingerprint density at radius 3 is 2.87 bits per heavy atom. The molecule has 1 N–H and O–H groups in total. The molecule has 1 fully saturated rings. The highest BCUT2D eigenvalue weighted by Gasteiger charge is 2.29. The summed E-state index contributed by atoms with van der Waals surface area (Å²) in [6.07, 6.45) is 1.70. The van der Waals surface area contributed by atoms with Gasteiger partial charge in [0, 0.05) is 55.1 Å². The molecule has 3 aromatic rings. The van der Waals surface area contributed by atoms with Crippen molar-refractivity contribution >= 4 is 11.3 Å². The van der Waals surface area contributed by atoms with Crippen LogP contribution in [0.1, 0.15) is 48.5 Å². The molecule has 2 aliphatic rings. The van der Waals surface area contributed by atoms with Crippen LogP contribution in [0.15, 0.2) is 18.2 Å². The van der Waals surface area contributed by atoms with E-state index in [1.54, 1.807) is 11.3 Å². The first-order chi connectivity index (χ1) is 15.0. The van der Waals surface area contributed by atoms with E-state index in [1.165, 1.54) is 10.4 Å². The van der Waals surface area contributed by atoms with Gasteiger partial charge in [-0.25, -0.2) is 14.6 Å². The van der Waals surface area contributed by atoms with Gasteiger partial charge in [0.05, 0.1) is 12.3 Å². The van der Waals surface area contributed by atoms with Gasteiger partial charge in [0.25, 0.3) is 0 Å². The first-order valence-electron chi connectivity index (χ1n) is 11.1. The molecule has 0 atom stereocenters. The van der Waals surface area contributed by atoms with Gasteiger partial charge >= 0.3 is 0 Å². The highest BCUT2D eigenvalue weighted by atomic mass is 32.1. The molecule has 0 spiro atoms. The summed E-state index contributed by atoms with van der Waals surface area (Å²) in [5.74, 6) is 3.09. The van der Waals surface area contributed by atoms with Crippen LogP contribution in [0.25, 0.3) is 22.1 Å². The number of nitrogens with zero attached hydrogens (tertiary/aromatic N) is 5. The van der Waals surface area contributed by atoms with Gasteiger partial charge < -0.3 is 14.7 Å². The molecule has 5 rings (SSSR count). The van der Waals surface area contributed by atoms with Crippen LogP contribution in [-0.4, -0.2) is 62.6 Å². The topological polar surface area (TPSA) is 76.3 Å². The number of hydrogen-bond donors (Lipinski definition) is 1. The van der Waals surface area contributed by atoms with Crippen molar-refractivity contribution in [3.05, 3.63) is 34.5 Å². The van der Waals surface area contributed by atoms with Crippen LogP contribution in [-0.2, 0) is 6.42 Å². The number of ether oxygens (including phenoxy) is 1. The maximum absolute atomic E-state index is 9.02. The molecule has 2 aliphatic heterocycles. The summed E-state index contributed by atoms with van der Waals surface area (Å²) in [5, 5.41) is 14.5. The Bertz CT molecular complexity index is 1080. The Morgan fingerprint density at radius 2 is 2.10 bits per heavy atom. The van der Waals surface area contributed by atoms with Crippen molar-refractivity contribution < 1.29 is 9.84 Å². The summed E-state index contributed by atoms with van der Waals surface area (Å²) < 4.78 is 8.10. The number of aromatic nitrogens is 4.